The highest BCUT2D eigenvalue weighted by Gasteiger charge is 2.19. The molecule has 4 heteroatoms. The first kappa shape index (κ1) is 16.8. The zero-order valence-electron chi connectivity index (χ0n) is 13.0. The molecule has 1 heterocycles. The topological polar surface area (TPSA) is 24.5 Å². The van der Waals surface area contributed by atoms with Gasteiger partial charge in [0.2, 0.25) is 0 Å². The molecule has 1 atom stereocenters. The average molecular weight is 355 g/mol. The molecule has 0 aliphatic carbocycles. The molecule has 1 unspecified atom stereocenters. The van der Waals surface area contributed by atoms with Crippen LogP contribution in [0.25, 0.3) is 0 Å². The molecule has 0 radical (unpaired) electrons. The predicted octanol–water partition coefficient (Wildman–Crippen LogP) is 3.54. The molecule has 21 heavy (non-hydrogen) atoms. The van der Waals surface area contributed by atoms with Crippen molar-refractivity contribution in [1.29, 1.82) is 0 Å². The molecule has 1 aliphatic rings. The number of nitrogens with zero attached hydrogens (tertiary/aromatic N) is 1. The van der Waals surface area contributed by atoms with Gasteiger partial charge < -0.3 is 10.1 Å². The van der Waals surface area contributed by atoms with Crippen LogP contribution < -0.4 is 10.1 Å². The summed E-state index contributed by atoms with van der Waals surface area (Å²) >= 11 is 3.44. The van der Waals surface area contributed by atoms with E-state index >= 15 is 0 Å². The Morgan fingerprint density at radius 3 is 2.90 bits per heavy atom. The number of likely N-dealkylation sites (tertiary alicyclic amines) is 1. The zero-order valence-corrected chi connectivity index (χ0v) is 14.6. The third-order valence-corrected chi connectivity index (χ3v) is 4.48. The lowest BCUT2D eigenvalue weighted by atomic mass is 9.98. The maximum absolute atomic E-state index is 5.82. The molecular weight excluding hydrogens is 328 g/mol. The first-order valence-corrected chi connectivity index (χ1v) is 8.88. The minimum absolute atomic E-state index is 0.775. The fraction of sp³-hybridized carbons (Fsp3) is 0.647. The number of halogens is 1. The first-order valence-electron chi connectivity index (χ1n) is 8.09. The maximum Gasteiger partial charge on any atom is 0.119 e. The van der Waals surface area contributed by atoms with Crippen LogP contribution in [0.1, 0.15) is 26.2 Å². The molecule has 1 saturated heterocycles. The molecule has 0 aromatic heterocycles. The Kier molecular flexibility index (Phi) is 7.54. The molecule has 0 spiro atoms. The maximum atomic E-state index is 5.82. The number of piperidine rings is 1. The quantitative estimate of drug-likeness (QED) is 0.722. The molecular formula is C17H27BrN2O. The van der Waals surface area contributed by atoms with Crippen molar-refractivity contribution >= 4 is 15.9 Å². The van der Waals surface area contributed by atoms with Crippen LogP contribution in [0.15, 0.2) is 28.7 Å². The van der Waals surface area contributed by atoms with Crippen LogP contribution in [-0.2, 0) is 0 Å². The summed E-state index contributed by atoms with van der Waals surface area (Å²) in [6.07, 6.45) is 3.90. The normalized spacial score (nSPS) is 19.6. The Morgan fingerprint density at radius 1 is 1.33 bits per heavy atom. The van der Waals surface area contributed by atoms with Crippen LogP contribution in [0.4, 0.5) is 0 Å². The van der Waals surface area contributed by atoms with Gasteiger partial charge in [0.25, 0.3) is 0 Å². The minimum Gasteiger partial charge on any atom is -0.492 e. The number of hydrogen-bond acceptors (Lipinski definition) is 3. The minimum atomic E-state index is 0.775. The summed E-state index contributed by atoms with van der Waals surface area (Å²) in [5, 5.41) is 3.55. The molecule has 0 amide bonds. The van der Waals surface area contributed by atoms with Crippen LogP contribution in [0.3, 0.4) is 0 Å². The van der Waals surface area contributed by atoms with Gasteiger partial charge in [-0.05, 0) is 69.1 Å². The van der Waals surface area contributed by atoms with E-state index in [1.54, 1.807) is 0 Å². The van der Waals surface area contributed by atoms with Crippen molar-refractivity contribution in [3.05, 3.63) is 28.7 Å². The van der Waals surface area contributed by atoms with Gasteiger partial charge in [0.1, 0.15) is 12.4 Å². The van der Waals surface area contributed by atoms with E-state index in [0.717, 1.165) is 42.4 Å². The lowest BCUT2D eigenvalue weighted by Crippen LogP contribution is -2.41. The highest BCUT2D eigenvalue weighted by Crippen LogP contribution is 2.17. The number of rotatable bonds is 8. The smallest absolute Gasteiger partial charge is 0.119 e. The molecule has 1 fully saturated rings. The number of nitrogens with one attached hydrogen (secondary N) is 1. The summed E-state index contributed by atoms with van der Waals surface area (Å²) in [6, 6.07) is 8.06. The van der Waals surface area contributed by atoms with E-state index < -0.39 is 0 Å². The van der Waals surface area contributed by atoms with Gasteiger partial charge in [0, 0.05) is 17.6 Å². The Hall–Kier alpha value is -0.580. The van der Waals surface area contributed by atoms with Gasteiger partial charge in [-0.25, -0.2) is 0 Å². The fourth-order valence-corrected chi connectivity index (χ4v) is 3.09. The van der Waals surface area contributed by atoms with Crippen molar-refractivity contribution in [3.8, 4) is 5.75 Å². The molecule has 0 saturated carbocycles. The lowest BCUT2D eigenvalue weighted by Gasteiger charge is -2.32. The average Bonchev–Trinajstić information content (AvgIpc) is 2.50. The Morgan fingerprint density at radius 2 is 2.14 bits per heavy atom. The second-order valence-electron chi connectivity index (χ2n) is 5.82. The van der Waals surface area contributed by atoms with Gasteiger partial charge in [0.05, 0.1) is 0 Å². The number of benzene rings is 1. The second kappa shape index (κ2) is 9.44. The molecule has 1 aromatic rings. The van der Waals surface area contributed by atoms with Crippen LogP contribution in [-0.4, -0.2) is 44.2 Å². The highest BCUT2D eigenvalue weighted by molar-refractivity contribution is 9.10. The van der Waals surface area contributed by atoms with Crippen LogP contribution >= 0.6 is 15.9 Å². The molecule has 1 aromatic carbocycles. The first-order chi connectivity index (χ1) is 10.3. The van der Waals surface area contributed by atoms with E-state index in [-0.39, 0.29) is 0 Å². The summed E-state index contributed by atoms with van der Waals surface area (Å²) in [4.78, 5) is 2.54. The summed E-state index contributed by atoms with van der Waals surface area (Å²) < 4.78 is 6.91. The summed E-state index contributed by atoms with van der Waals surface area (Å²) in [5.41, 5.74) is 0. The standard InChI is InChI=1S/C17H27BrN2O/c1-2-9-19-13-15-4-3-10-20(14-15)11-12-21-17-7-5-16(18)6-8-17/h5-8,15,19H,2-4,9-14H2,1H3. The van der Waals surface area contributed by atoms with E-state index in [1.807, 2.05) is 24.3 Å². The van der Waals surface area contributed by atoms with Crippen LogP contribution in [0.5, 0.6) is 5.75 Å². The summed E-state index contributed by atoms with van der Waals surface area (Å²) in [7, 11) is 0. The summed E-state index contributed by atoms with van der Waals surface area (Å²) in [6.45, 7) is 8.76. The van der Waals surface area contributed by atoms with Crippen LogP contribution in [0, 0.1) is 5.92 Å². The zero-order chi connectivity index (χ0) is 14.9. The van der Waals surface area contributed by atoms with Crippen molar-refractivity contribution in [2.45, 2.75) is 26.2 Å². The van der Waals surface area contributed by atoms with Gasteiger partial charge in [-0.1, -0.05) is 22.9 Å². The van der Waals surface area contributed by atoms with E-state index in [9.17, 15) is 0 Å². The molecule has 2 rings (SSSR count). The lowest BCUT2D eigenvalue weighted by molar-refractivity contribution is 0.146. The molecule has 1 N–H and O–H groups in total. The van der Waals surface area contributed by atoms with Gasteiger partial charge in [-0.15, -0.1) is 0 Å². The monoisotopic (exact) mass is 354 g/mol. The SMILES string of the molecule is CCCNCC1CCCN(CCOc2ccc(Br)cc2)C1. The van der Waals surface area contributed by atoms with Crippen molar-refractivity contribution in [1.82, 2.24) is 10.2 Å². The van der Waals surface area contributed by atoms with Crippen molar-refractivity contribution in [2.75, 3.05) is 39.3 Å². The molecule has 0 bridgehead atoms. The fourth-order valence-electron chi connectivity index (χ4n) is 2.83. The third kappa shape index (κ3) is 6.37. The molecule has 118 valence electrons. The third-order valence-electron chi connectivity index (χ3n) is 3.95. The molecule has 3 nitrogen and oxygen atoms in total. The Balaban J connectivity index is 1.64. The Bertz CT molecular complexity index is 396. The predicted molar refractivity (Wildman–Crippen MR) is 92.0 cm³/mol. The van der Waals surface area contributed by atoms with E-state index in [2.05, 4.69) is 33.1 Å². The van der Waals surface area contributed by atoms with Gasteiger partial charge in [-0.3, -0.25) is 4.90 Å². The van der Waals surface area contributed by atoms with E-state index in [4.69, 9.17) is 4.74 Å². The number of hydrogen-bond donors (Lipinski definition) is 1. The van der Waals surface area contributed by atoms with Gasteiger partial charge in [-0.2, -0.15) is 0 Å². The number of ether oxygens (including phenoxy) is 1. The van der Waals surface area contributed by atoms with E-state index in [1.165, 1.54) is 32.4 Å². The second-order valence-corrected chi connectivity index (χ2v) is 6.73. The van der Waals surface area contributed by atoms with Crippen molar-refractivity contribution < 1.29 is 4.74 Å². The van der Waals surface area contributed by atoms with Crippen molar-refractivity contribution in [2.24, 2.45) is 5.92 Å². The van der Waals surface area contributed by atoms with Crippen molar-refractivity contribution in [3.63, 3.8) is 0 Å². The Labute approximate surface area is 137 Å². The van der Waals surface area contributed by atoms with Crippen LogP contribution in [0.2, 0.25) is 0 Å². The molecule has 1 aliphatic heterocycles. The summed E-state index contributed by atoms with van der Waals surface area (Å²) in [5.74, 6) is 1.76. The largest absolute Gasteiger partial charge is 0.492 e. The van der Waals surface area contributed by atoms with Gasteiger partial charge >= 0.3 is 0 Å². The van der Waals surface area contributed by atoms with Gasteiger partial charge in [0.15, 0.2) is 0 Å². The highest BCUT2D eigenvalue weighted by atomic mass is 79.9. The van der Waals surface area contributed by atoms with E-state index in [0.29, 0.717) is 0 Å².